The molecule has 11 heteroatoms. The number of rotatable bonds is 8. The first-order valence-corrected chi connectivity index (χ1v) is 8.76. The second kappa shape index (κ2) is 8.54. The van der Waals surface area contributed by atoms with Gasteiger partial charge < -0.3 is 0 Å². The second-order valence-corrected chi connectivity index (χ2v) is 6.76. The van der Waals surface area contributed by atoms with E-state index in [-0.39, 0.29) is 18.8 Å². The zero-order valence-electron chi connectivity index (χ0n) is 9.61. The molecule has 0 aliphatic heterocycles. The van der Waals surface area contributed by atoms with E-state index in [2.05, 4.69) is 19.2 Å². The van der Waals surface area contributed by atoms with Crippen LogP contribution in [0.15, 0.2) is 0 Å². The van der Waals surface area contributed by atoms with Crippen molar-refractivity contribution in [1.82, 2.24) is 10.4 Å². The van der Waals surface area contributed by atoms with E-state index in [1.807, 2.05) is 0 Å². The summed E-state index contributed by atoms with van der Waals surface area (Å²) in [5.74, 6) is 0. The van der Waals surface area contributed by atoms with Crippen LogP contribution >= 0.6 is 25.5 Å². The molecule has 0 aromatic rings. The van der Waals surface area contributed by atoms with Crippen LogP contribution in [-0.2, 0) is 18.0 Å². The van der Waals surface area contributed by atoms with Crippen LogP contribution < -0.4 is 10.4 Å². The number of hydrogen-bond donors (Lipinski definition) is 4. The number of nitrogens with one attached hydrogen (secondary N) is 2. The van der Waals surface area contributed by atoms with Gasteiger partial charge in [0.05, 0.1) is 0 Å². The first-order valence-electron chi connectivity index (χ1n) is 5.50. The third-order valence-electron chi connectivity index (χ3n) is 2.77. The molecular formula is C7H17N2O6P3. The molecule has 1 rings (SSSR count). The molecular weight excluding hydrogens is 301 g/mol. The molecule has 18 heavy (non-hydrogen) atoms. The number of hydrogen-bond acceptors (Lipinski definition) is 8. The Hall–Kier alpha value is 0.390. The molecule has 0 saturated heterocycles. The third kappa shape index (κ3) is 6.02. The van der Waals surface area contributed by atoms with Gasteiger partial charge in [0.2, 0.25) is 0 Å². The van der Waals surface area contributed by atoms with Crippen molar-refractivity contribution in [3.8, 4) is 0 Å². The Labute approximate surface area is 109 Å². The first-order chi connectivity index (χ1) is 8.59. The van der Waals surface area contributed by atoms with E-state index in [4.69, 9.17) is 0 Å². The molecule has 0 radical (unpaired) electrons. The van der Waals surface area contributed by atoms with Crippen LogP contribution in [0.2, 0.25) is 0 Å². The maximum atomic E-state index is 10.2. The molecule has 0 amide bonds. The third-order valence-corrected chi connectivity index (χ3v) is 5.06. The van der Waals surface area contributed by atoms with Crippen molar-refractivity contribution in [3.63, 3.8) is 0 Å². The van der Waals surface area contributed by atoms with Gasteiger partial charge in [0, 0.05) is 0 Å². The summed E-state index contributed by atoms with van der Waals surface area (Å²) in [7, 11) is -5.27. The minimum absolute atomic E-state index is 0.0430. The summed E-state index contributed by atoms with van der Waals surface area (Å²) in [5.41, 5.74) is 0. The van der Waals surface area contributed by atoms with Crippen LogP contribution in [0, 0.1) is 0 Å². The van der Waals surface area contributed by atoms with Crippen molar-refractivity contribution in [2.75, 3.05) is 6.73 Å². The van der Waals surface area contributed by atoms with E-state index >= 15 is 0 Å². The van der Waals surface area contributed by atoms with Crippen molar-refractivity contribution in [3.05, 3.63) is 0 Å². The van der Waals surface area contributed by atoms with Crippen molar-refractivity contribution >= 4 is 25.5 Å². The molecule has 0 bridgehead atoms. The summed E-state index contributed by atoms with van der Waals surface area (Å²) in [6.45, 7) is 0.111. The predicted molar refractivity (Wildman–Crippen MR) is 67.3 cm³/mol. The molecule has 2 atom stereocenters. The zero-order chi connectivity index (χ0) is 13.4. The zero-order valence-corrected chi connectivity index (χ0v) is 12.4. The van der Waals surface area contributed by atoms with Crippen LogP contribution in [-0.4, -0.2) is 28.6 Å². The van der Waals surface area contributed by atoms with Gasteiger partial charge in [-0.25, -0.2) is 0 Å². The molecule has 0 unspecified atom stereocenters. The van der Waals surface area contributed by atoms with Crippen molar-refractivity contribution in [2.24, 2.45) is 0 Å². The molecule has 106 valence electrons. The van der Waals surface area contributed by atoms with Gasteiger partial charge in [-0.05, 0) is 0 Å². The SMILES string of the molecule is O=POCN[C@@H]1CCCC[C@H]1N[PH](O)(O)OP=O. The van der Waals surface area contributed by atoms with E-state index in [0.717, 1.165) is 25.7 Å². The van der Waals surface area contributed by atoms with E-state index in [9.17, 15) is 18.9 Å². The summed E-state index contributed by atoms with van der Waals surface area (Å²) in [4.78, 5) is 19.0. The summed E-state index contributed by atoms with van der Waals surface area (Å²) in [5, 5.41) is 5.61. The minimum atomic E-state index is -4.10. The summed E-state index contributed by atoms with van der Waals surface area (Å²) < 4.78 is 29.4. The average Bonchev–Trinajstić information content (AvgIpc) is 2.31. The van der Waals surface area contributed by atoms with Gasteiger partial charge in [0.1, 0.15) is 0 Å². The fourth-order valence-corrected chi connectivity index (χ4v) is 3.62. The Morgan fingerprint density at radius 3 is 2.44 bits per heavy atom. The molecule has 1 aliphatic carbocycles. The Kier molecular flexibility index (Phi) is 7.80. The summed E-state index contributed by atoms with van der Waals surface area (Å²) in [6.07, 6.45) is 3.53. The van der Waals surface area contributed by atoms with Gasteiger partial charge in [-0.2, -0.15) is 0 Å². The van der Waals surface area contributed by atoms with Crippen LogP contribution in [0.4, 0.5) is 0 Å². The van der Waals surface area contributed by atoms with Crippen LogP contribution in [0.3, 0.4) is 0 Å². The van der Waals surface area contributed by atoms with E-state index in [1.54, 1.807) is 0 Å². The second-order valence-electron chi connectivity index (χ2n) is 3.97. The molecule has 0 spiro atoms. The molecule has 1 saturated carbocycles. The van der Waals surface area contributed by atoms with Crippen molar-refractivity contribution in [1.29, 1.82) is 0 Å². The van der Waals surface area contributed by atoms with E-state index in [0.29, 0.717) is 0 Å². The molecule has 4 N–H and O–H groups in total. The van der Waals surface area contributed by atoms with Crippen LogP contribution in [0.5, 0.6) is 0 Å². The summed E-state index contributed by atoms with van der Waals surface area (Å²) in [6, 6.07) is -0.257. The topological polar surface area (TPSA) is 117 Å². The van der Waals surface area contributed by atoms with Gasteiger partial charge in [-0.1, -0.05) is 0 Å². The maximum absolute atomic E-state index is 10.2. The predicted octanol–water partition coefficient (Wildman–Crippen LogP) is 1.28. The summed E-state index contributed by atoms with van der Waals surface area (Å²) >= 11 is 0. The molecule has 1 fully saturated rings. The van der Waals surface area contributed by atoms with Gasteiger partial charge in [-0.15, -0.1) is 0 Å². The monoisotopic (exact) mass is 318 g/mol. The molecule has 0 aromatic carbocycles. The van der Waals surface area contributed by atoms with Crippen molar-refractivity contribution in [2.45, 2.75) is 37.8 Å². The fraction of sp³-hybridized carbons (Fsp3) is 1.00. The van der Waals surface area contributed by atoms with Crippen LogP contribution in [0.25, 0.3) is 0 Å². The molecule has 0 aromatic heterocycles. The van der Waals surface area contributed by atoms with Gasteiger partial charge in [-0.3, -0.25) is 0 Å². The van der Waals surface area contributed by atoms with E-state index in [1.165, 1.54) is 0 Å². The van der Waals surface area contributed by atoms with Crippen molar-refractivity contribution < 1.29 is 27.8 Å². The Bertz CT molecular complexity index is 282. The first kappa shape index (κ1) is 16.4. The molecule has 1 aliphatic rings. The Morgan fingerprint density at radius 1 is 1.17 bits per heavy atom. The molecule has 0 heterocycles. The fourth-order valence-electron chi connectivity index (χ4n) is 2.04. The molecule has 8 nitrogen and oxygen atoms in total. The van der Waals surface area contributed by atoms with Gasteiger partial charge in [0.25, 0.3) is 0 Å². The average molecular weight is 318 g/mol. The Balaban J connectivity index is 2.47. The Morgan fingerprint density at radius 2 is 1.83 bits per heavy atom. The van der Waals surface area contributed by atoms with Gasteiger partial charge in [0.15, 0.2) is 0 Å². The van der Waals surface area contributed by atoms with E-state index < -0.39 is 25.5 Å². The van der Waals surface area contributed by atoms with Crippen LogP contribution in [0.1, 0.15) is 25.7 Å². The normalized spacial score (nSPS) is 26.6. The van der Waals surface area contributed by atoms with Gasteiger partial charge >= 0.3 is 108 Å². The standard InChI is InChI=1S/C7H17N2O6P3/c10-16-14-5-8-6-3-1-2-4-7(6)9-18(12,13)15-17-11/h6-9,12-13,18H,1-5H2/t6-,7-/m1/s1. The quantitative estimate of drug-likeness (QED) is 0.300.